The minimum absolute atomic E-state index is 0.0965. The number of hydrazine groups is 1. The Balaban J connectivity index is 1.47. The molecule has 1 aliphatic rings. The molecule has 3 amide bonds. The summed E-state index contributed by atoms with van der Waals surface area (Å²) < 4.78 is 13.1. The molecule has 2 aromatic rings. The fraction of sp³-hybridized carbons (Fsp3) is 0.222. The molecule has 3 N–H and O–H groups in total. The fourth-order valence-electron chi connectivity index (χ4n) is 2.61. The van der Waals surface area contributed by atoms with Crippen molar-refractivity contribution in [2.75, 3.05) is 5.32 Å². The molecule has 0 unspecified atom stereocenters. The average molecular weight is 362 g/mol. The van der Waals surface area contributed by atoms with Crippen molar-refractivity contribution >= 4 is 29.2 Å². The van der Waals surface area contributed by atoms with Gasteiger partial charge in [0, 0.05) is 11.6 Å². The topological polar surface area (TPSA) is 70.2 Å². The molecule has 2 atom stereocenters. The van der Waals surface area contributed by atoms with Gasteiger partial charge in [0.05, 0.1) is 5.02 Å². The Hall–Kier alpha value is -2.60. The molecule has 1 fully saturated rings. The molecule has 130 valence electrons. The first-order chi connectivity index (χ1) is 11.9. The summed E-state index contributed by atoms with van der Waals surface area (Å²) >= 11 is 5.64. The highest BCUT2D eigenvalue weighted by Crippen LogP contribution is 2.47. The van der Waals surface area contributed by atoms with Crippen LogP contribution in [0.5, 0.6) is 0 Å². The zero-order valence-electron chi connectivity index (χ0n) is 13.5. The Morgan fingerprint density at radius 3 is 2.52 bits per heavy atom. The lowest BCUT2D eigenvalue weighted by Gasteiger charge is -2.09. The third-order valence-electron chi connectivity index (χ3n) is 4.11. The van der Waals surface area contributed by atoms with Crippen molar-refractivity contribution in [1.29, 1.82) is 0 Å². The van der Waals surface area contributed by atoms with Crippen LogP contribution in [0.25, 0.3) is 0 Å². The molecule has 1 saturated carbocycles. The van der Waals surface area contributed by atoms with Crippen molar-refractivity contribution in [3.63, 3.8) is 0 Å². The molecule has 2 aromatic carbocycles. The number of hydrogen-bond acceptors (Lipinski definition) is 2. The van der Waals surface area contributed by atoms with Crippen LogP contribution in [-0.2, 0) is 4.79 Å². The second-order valence-electron chi connectivity index (χ2n) is 6.06. The van der Waals surface area contributed by atoms with Crippen molar-refractivity contribution in [2.24, 2.45) is 5.92 Å². The molecule has 3 rings (SSSR count). The van der Waals surface area contributed by atoms with E-state index < -0.39 is 11.8 Å². The maximum Gasteiger partial charge on any atom is 0.337 e. The van der Waals surface area contributed by atoms with E-state index in [2.05, 4.69) is 16.2 Å². The predicted octanol–water partition coefficient (Wildman–Crippen LogP) is 3.74. The predicted molar refractivity (Wildman–Crippen MR) is 93.7 cm³/mol. The summed E-state index contributed by atoms with van der Waals surface area (Å²) in [7, 11) is 0. The molecule has 0 spiro atoms. The highest BCUT2D eigenvalue weighted by atomic mass is 35.5. The molecular weight excluding hydrogens is 345 g/mol. The molecule has 0 saturated heterocycles. The van der Waals surface area contributed by atoms with Crippen LogP contribution < -0.4 is 16.2 Å². The van der Waals surface area contributed by atoms with Gasteiger partial charge in [-0.05, 0) is 43.0 Å². The van der Waals surface area contributed by atoms with Crippen molar-refractivity contribution < 1.29 is 14.0 Å². The maximum atomic E-state index is 13.1. The average Bonchev–Trinajstić information content (AvgIpc) is 3.37. The summed E-state index contributed by atoms with van der Waals surface area (Å²) in [5.41, 5.74) is 7.29. The molecular formula is C18H17ClFN3O2. The van der Waals surface area contributed by atoms with Crippen LogP contribution in [0.15, 0.2) is 42.5 Å². The van der Waals surface area contributed by atoms with Gasteiger partial charge < -0.3 is 5.32 Å². The second-order valence-corrected chi connectivity index (χ2v) is 6.46. The number of urea groups is 1. The SMILES string of the molecule is Cc1ccc([C@H]2C[C@@H]2C(=O)NNC(=O)Nc2ccc(F)c(Cl)c2)cc1. The number of carbonyl (C=O) groups excluding carboxylic acids is 2. The third-order valence-corrected chi connectivity index (χ3v) is 4.40. The van der Waals surface area contributed by atoms with E-state index in [0.717, 1.165) is 18.1 Å². The largest absolute Gasteiger partial charge is 0.337 e. The summed E-state index contributed by atoms with van der Waals surface area (Å²) in [6, 6.07) is 11.2. The van der Waals surface area contributed by atoms with Crippen molar-refractivity contribution in [3.05, 3.63) is 64.4 Å². The monoisotopic (exact) mass is 361 g/mol. The molecule has 0 aliphatic heterocycles. The second kappa shape index (κ2) is 7.11. The lowest BCUT2D eigenvalue weighted by Crippen LogP contribution is -2.44. The van der Waals surface area contributed by atoms with E-state index in [4.69, 9.17) is 11.6 Å². The quantitative estimate of drug-likeness (QED) is 0.729. The third kappa shape index (κ3) is 4.28. The number of carbonyl (C=O) groups is 2. The number of rotatable bonds is 3. The van der Waals surface area contributed by atoms with Gasteiger partial charge in [-0.3, -0.25) is 10.2 Å². The van der Waals surface area contributed by atoms with E-state index in [-0.39, 0.29) is 22.8 Å². The van der Waals surface area contributed by atoms with E-state index in [1.165, 1.54) is 17.7 Å². The molecule has 0 aromatic heterocycles. The number of hydrogen-bond donors (Lipinski definition) is 3. The van der Waals surface area contributed by atoms with Gasteiger partial charge in [-0.1, -0.05) is 41.4 Å². The number of benzene rings is 2. The van der Waals surface area contributed by atoms with E-state index in [9.17, 15) is 14.0 Å². The van der Waals surface area contributed by atoms with Gasteiger partial charge in [-0.25, -0.2) is 14.6 Å². The molecule has 5 nitrogen and oxygen atoms in total. The molecule has 0 bridgehead atoms. The lowest BCUT2D eigenvalue weighted by molar-refractivity contribution is -0.123. The fourth-order valence-corrected chi connectivity index (χ4v) is 2.79. The van der Waals surface area contributed by atoms with E-state index in [1.54, 1.807) is 0 Å². The molecule has 0 heterocycles. The normalized spacial score (nSPS) is 18.4. The number of aryl methyl sites for hydroxylation is 1. The number of halogens is 2. The Morgan fingerprint density at radius 2 is 1.84 bits per heavy atom. The summed E-state index contributed by atoms with van der Waals surface area (Å²) in [5.74, 6) is -0.778. The highest BCUT2D eigenvalue weighted by Gasteiger charge is 2.44. The van der Waals surface area contributed by atoms with E-state index in [1.807, 2.05) is 31.2 Å². The Morgan fingerprint density at radius 1 is 1.12 bits per heavy atom. The molecule has 1 aliphatic carbocycles. The number of amides is 3. The van der Waals surface area contributed by atoms with Gasteiger partial charge in [0.15, 0.2) is 0 Å². The van der Waals surface area contributed by atoms with Crippen LogP contribution in [0.2, 0.25) is 5.02 Å². The van der Waals surface area contributed by atoms with E-state index >= 15 is 0 Å². The van der Waals surface area contributed by atoms with Gasteiger partial charge in [-0.15, -0.1) is 0 Å². The van der Waals surface area contributed by atoms with Crippen molar-refractivity contribution in [3.8, 4) is 0 Å². The van der Waals surface area contributed by atoms with Crippen LogP contribution in [0.3, 0.4) is 0 Å². The first-order valence-electron chi connectivity index (χ1n) is 7.82. The van der Waals surface area contributed by atoms with Gasteiger partial charge >= 0.3 is 6.03 Å². The summed E-state index contributed by atoms with van der Waals surface area (Å²) in [5, 5.41) is 2.36. The van der Waals surface area contributed by atoms with Crippen LogP contribution in [0.4, 0.5) is 14.9 Å². The highest BCUT2D eigenvalue weighted by molar-refractivity contribution is 6.31. The lowest BCUT2D eigenvalue weighted by atomic mass is 10.1. The first kappa shape index (κ1) is 17.2. The maximum absolute atomic E-state index is 13.1. The summed E-state index contributed by atoms with van der Waals surface area (Å²) in [4.78, 5) is 23.9. The molecule has 0 radical (unpaired) electrons. The van der Waals surface area contributed by atoms with Gasteiger partial charge in [0.1, 0.15) is 5.82 Å². The zero-order chi connectivity index (χ0) is 18.0. The Labute approximate surface area is 149 Å². The standard InChI is InChI=1S/C18H17ClFN3O2/c1-10-2-4-11(5-3-10)13-9-14(13)17(24)22-23-18(25)21-12-6-7-16(20)15(19)8-12/h2-8,13-14H,9H2,1H3,(H,22,24)(H2,21,23,25)/t13-,14+/m1/s1. The minimum Gasteiger partial charge on any atom is -0.307 e. The number of nitrogens with one attached hydrogen (secondary N) is 3. The van der Waals surface area contributed by atoms with Gasteiger partial charge in [0.25, 0.3) is 0 Å². The smallest absolute Gasteiger partial charge is 0.307 e. The molecule has 25 heavy (non-hydrogen) atoms. The number of anilines is 1. The molecule has 7 heteroatoms. The van der Waals surface area contributed by atoms with Crippen molar-refractivity contribution in [1.82, 2.24) is 10.9 Å². The summed E-state index contributed by atoms with van der Waals surface area (Å²) in [6.07, 6.45) is 0.756. The van der Waals surface area contributed by atoms with Gasteiger partial charge in [0.2, 0.25) is 5.91 Å². The first-order valence-corrected chi connectivity index (χ1v) is 8.20. The zero-order valence-corrected chi connectivity index (χ0v) is 14.2. The van der Waals surface area contributed by atoms with Crippen LogP contribution >= 0.6 is 11.6 Å². The van der Waals surface area contributed by atoms with Crippen LogP contribution in [0, 0.1) is 18.7 Å². The van der Waals surface area contributed by atoms with Crippen LogP contribution in [-0.4, -0.2) is 11.9 Å². The van der Waals surface area contributed by atoms with Crippen LogP contribution in [0.1, 0.15) is 23.5 Å². The Bertz CT molecular complexity index is 810. The van der Waals surface area contributed by atoms with E-state index in [0.29, 0.717) is 5.69 Å². The Kier molecular flexibility index (Phi) is 4.90. The summed E-state index contributed by atoms with van der Waals surface area (Å²) in [6.45, 7) is 2.01. The minimum atomic E-state index is -0.636. The van der Waals surface area contributed by atoms with Gasteiger partial charge in [-0.2, -0.15) is 0 Å². The van der Waals surface area contributed by atoms with Crippen molar-refractivity contribution in [2.45, 2.75) is 19.3 Å².